The molecule has 0 radical (unpaired) electrons. The highest BCUT2D eigenvalue weighted by Gasteiger charge is 2.12. The average Bonchev–Trinajstić information content (AvgIpc) is 2.55. The molecule has 1 N–H and O–H groups in total. The largest absolute Gasteiger partial charge is 0.493 e. The Morgan fingerprint density at radius 3 is 2.48 bits per heavy atom. The molecule has 0 aliphatic rings. The van der Waals surface area contributed by atoms with Crippen molar-refractivity contribution in [3.63, 3.8) is 0 Å². The Morgan fingerprint density at radius 2 is 1.87 bits per heavy atom. The molecule has 124 valence electrons. The smallest absolute Gasteiger partial charge is 0.161 e. The molecule has 0 bridgehead atoms. The first-order valence-corrected chi connectivity index (χ1v) is 7.63. The van der Waals surface area contributed by atoms with Gasteiger partial charge in [-0.05, 0) is 36.8 Å². The van der Waals surface area contributed by atoms with Crippen LogP contribution in [0.3, 0.4) is 0 Å². The second-order valence-corrected chi connectivity index (χ2v) is 5.53. The zero-order valence-corrected chi connectivity index (χ0v) is 13.9. The number of benzene rings is 1. The number of hydrogen-bond donors (Lipinski definition) is 1. The van der Waals surface area contributed by atoms with E-state index in [2.05, 4.69) is 9.88 Å². The number of aliphatic hydroxyl groups is 1. The predicted octanol–water partition coefficient (Wildman–Crippen LogP) is 2.48. The highest BCUT2D eigenvalue weighted by molar-refractivity contribution is 5.42. The molecule has 2 rings (SSSR count). The van der Waals surface area contributed by atoms with E-state index in [4.69, 9.17) is 9.47 Å². The molecule has 0 spiro atoms. The third-order valence-corrected chi connectivity index (χ3v) is 3.49. The first-order chi connectivity index (χ1) is 11.1. The molecule has 1 aromatic carbocycles. The molecule has 1 atom stereocenters. The van der Waals surface area contributed by atoms with E-state index in [1.165, 1.54) is 0 Å². The van der Waals surface area contributed by atoms with Crippen molar-refractivity contribution in [2.75, 3.05) is 20.8 Å². The molecule has 2 aromatic rings. The summed E-state index contributed by atoms with van der Waals surface area (Å²) < 4.78 is 10.6. The average molecular weight is 316 g/mol. The van der Waals surface area contributed by atoms with Gasteiger partial charge in [-0.1, -0.05) is 12.1 Å². The zero-order valence-electron chi connectivity index (χ0n) is 13.9. The Labute approximate surface area is 137 Å². The lowest BCUT2D eigenvalue weighted by atomic mass is 10.1. The van der Waals surface area contributed by atoms with Crippen molar-refractivity contribution < 1.29 is 14.6 Å². The Bertz CT molecular complexity index is 602. The minimum Gasteiger partial charge on any atom is -0.493 e. The van der Waals surface area contributed by atoms with Gasteiger partial charge in [-0.2, -0.15) is 0 Å². The molecule has 0 saturated heterocycles. The van der Waals surface area contributed by atoms with Crippen LogP contribution in [-0.2, 0) is 13.1 Å². The number of aliphatic hydroxyl groups excluding tert-OH is 1. The molecule has 1 heterocycles. The summed E-state index contributed by atoms with van der Waals surface area (Å²) >= 11 is 0. The number of nitrogens with zero attached hydrogens (tertiary/aromatic N) is 2. The standard InChI is InChI=1S/C18H24N2O3/c1-14(21)11-20(13-16-6-4-5-9-19-16)12-15-7-8-17(22-2)18(10-15)23-3/h4-10,14,21H,11-13H2,1-3H3/t14-/m1/s1. The Kier molecular flexibility index (Phi) is 6.38. The summed E-state index contributed by atoms with van der Waals surface area (Å²) in [7, 11) is 3.25. The van der Waals surface area contributed by atoms with Gasteiger partial charge in [0.25, 0.3) is 0 Å². The lowest BCUT2D eigenvalue weighted by Gasteiger charge is -2.24. The first kappa shape index (κ1) is 17.2. The molecule has 23 heavy (non-hydrogen) atoms. The van der Waals surface area contributed by atoms with Crippen LogP contribution in [-0.4, -0.2) is 41.9 Å². The SMILES string of the molecule is COc1ccc(CN(Cc2ccccn2)C[C@@H](C)O)cc1OC. The number of pyridine rings is 1. The molecule has 0 aliphatic carbocycles. The summed E-state index contributed by atoms with van der Waals surface area (Å²) in [5.41, 5.74) is 2.08. The van der Waals surface area contributed by atoms with Crippen molar-refractivity contribution in [1.29, 1.82) is 0 Å². The van der Waals surface area contributed by atoms with Gasteiger partial charge in [-0.15, -0.1) is 0 Å². The molecule has 0 saturated carbocycles. The summed E-state index contributed by atoms with van der Waals surface area (Å²) in [4.78, 5) is 6.52. The van der Waals surface area contributed by atoms with Gasteiger partial charge in [0.1, 0.15) is 0 Å². The molecular weight excluding hydrogens is 292 g/mol. The van der Waals surface area contributed by atoms with Gasteiger partial charge in [0.2, 0.25) is 0 Å². The fraction of sp³-hybridized carbons (Fsp3) is 0.389. The summed E-state index contributed by atoms with van der Waals surface area (Å²) in [5.74, 6) is 1.42. The van der Waals surface area contributed by atoms with Crippen LogP contribution in [0.25, 0.3) is 0 Å². The molecule has 5 nitrogen and oxygen atoms in total. The molecule has 0 aliphatic heterocycles. The van der Waals surface area contributed by atoms with Crippen LogP contribution < -0.4 is 9.47 Å². The van der Waals surface area contributed by atoms with E-state index in [1.54, 1.807) is 27.3 Å². The normalized spacial score (nSPS) is 12.2. The van der Waals surface area contributed by atoms with Gasteiger partial charge < -0.3 is 14.6 Å². The van der Waals surface area contributed by atoms with Crippen molar-refractivity contribution in [2.45, 2.75) is 26.1 Å². The van der Waals surface area contributed by atoms with Crippen molar-refractivity contribution in [3.8, 4) is 11.5 Å². The quantitative estimate of drug-likeness (QED) is 0.811. The van der Waals surface area contributed by atoms with E-state index < -0.39 is 6.10 Å². The van der Waals surface area contributed by atoms with Gasteiger partial charge >= 0.3 is 0 Å². The molecular formula is C18H24N2O3. The fourth-order valence-electron chi connectivity index (χ4n) is 2.52. The predicted molar refractivity (Wildman–Crippen MR) is 89.6 cm³/mol. The molecule has 0 amide bonds. The second-order valence-electron chi connectivity index (χ2n) is 5.53. The van der Waals surface area contributed by atoms with E-state index in [9.17, 15) is 5.11 Å². The maximum absolute atomic E-state index is 9.75. The highest BCUT2D eigenvalue weighted by atomic mass is 16.5. The van der Waals surface area contributed by atoms with Crippen LogP contribution in [0.5, 0.6) is 11.5 Å². The highest BCUT2D eigenvalue weighted by Crippen LogP contribution is 2.28. The van der Waals surface area contributed by atoms with Crippen molar-refractivity contribution in [1.82, 2.24) is 9.88 Å². The van der Waals surface area contributed by atoms with Gasteiger partial charge in [0.05, 0.1) is 26.0 Å². The van der Waals surface area contributed by atoms with Crippen LogP contribution in [0, 0.1) is 0 Å². The number of methoxy groups -OCH3 is 2. The van der Waals surface area contributed by atoms with Crippen LogP contribution in [0.2, 0.25) is 0 Å². The lowest BCUT2D eigenvalue weighted by Crippen LogP contribution is -2.30. The Hall–Kier alpha value is -2.11. The van der Waals surface area contributed by atoms with E-state index >= 15 is 0 Å². The second kappa shape index (κ2) is 8.50. The maximum Gasteiger partial charge on any atom is 0.161 e. The van der Waals surface area contributed by atoms with E-state index in [-0.39, 0.29) is 0 Å². The van der Waals surface area contributed by atoms with E-state index in [1.807, 2.05) is 36.4 Å². The van der Waals surface area contributed by atoms with E-state index in [0.29, 0.717) is 31.1 Å². The van der Waals surface area contributed by atoms with E-state index in [0.717, 1.165) is 11.3 Å². The number of aromatic nitrogens is 1. The zero-order chi connectivity index (χ0) is 16.7. The topological polar surface area (TPSA) is 54.8 Å². The summed E-state index contributed by atoms with van der Waals surface area (Å²) in [6.45, 7) is 3.74. The minimum atomic E-state index is -0.404. The monoisotopic (exact) mass is 316 g/mol. The van der Waals surface area contributed by atoms with Crippen molar-refractivity contribution in [3.05, 3.63) is 53.9 Å². The van der Waals surface area contributed by atoms with Gasteiger partial charge in [-0.25, -0.2) is 0 Å². The molecule has 5 heteroatoms. The van der Waals surface area contributed by atoms with Crippen molar-refractivity contribution in [2.24, 2.45) is 0 Å². The maximum atomic E-state index is 9.75. The lowest BCUT2D eigenvalue weighted by molar-refractivity contribution is 0.117. The summed E-state index contributed by atoms with van der Waals surface area (Å²) in [6, 6.07) is 11.7. The van der Waals surface area contributed by atoms with Crippen LogP contribution in [0.1, 0.15) is 18.2 Å². The molecule has 0 unspecified atom stereocenters. The number of ether oxygens (including phenoxy) is 2. The van der Waals surface area contributed by atoms with Crippen molar-refractivity contribution >= 4 is 0 Å². The van der Waals surface area contributed by atoms with Crippen LogP contribution in [0.4, 0.5) is 0 Å². The van der Waals surface area contributed by atoms with Gasteiger partial charge in [-0.3, -0.25) is 9.88 Å². The number of hydrogen-bond acceptors (Lipinski definition) is 5. The first-order valence-electron chi connectivity index (χ1n) is 7.63. The summed E-state index contributed by atoms with van der Waals surface area (Å²) in [6.07, 6.45) is 1.38. The summed E-state index contributed by atoms with van der Waals surface area (Å²) in [5, 5.41) is 9.75. The fourth-order valence-corrected chi connectivity index (χ4v) is 2.52. The van der Waals surface area contributed by atoms with Crippen LogP contribution >= 0.6 is 0 Å². The van der Waals surface area contributed by atoms with Crippen LogP contribution in [0.15, 0.2) is 42.6 Å². The minimum absolute atomic E-state index is 0.404. The Balaban J connectivity index is 2.13. The third-order valence-electron chi connectivity index (χ3n) is 3.49. The third kappa shape index (κ3) is 5.23. The molecule has 1 aromatic heterocycles. The molecule has 0 fully saturated rings. The van der Waals surface area contributed by atoms with Gasteiger partial charge in [0.15, 0.2) is 11.5 Å². The Morgan fingerprint density at radius 1 is 1.09 bits per heavy atom. The van der Waals surface area contributed by atoms with Gasteiger partial charge in [0, 0.05) is 25.8 Å². The number of rotatable bonds is 8.